The largest absolute Gasteiger partial charge is 0.0713 e. The van der Waals surface area contributed by atoms with Crippen molar-refractivity contribution in [2.24, 2.45) is 0 Å². The van der Waals surface area contributed by atoms with Crippen molar-refractivity contribution in [2.75, 3.05) is 0 Å². The molecule has 0 heterocycles. The third kappa shape index (κ3) is 2.34. The summed E-state index contributed by atoms with van der Waals surface area (Å²) in [7, 11) is -0.132. The van der Waals surface area contributed by atoms with Crippen LogP contribution in [0.4, 0.5) is 0 Å². The molecule has 5 aromatic rings. The summed E-state index contributed by atoms with van der Waals surface area (Å²) in [5.74, 6) is 0. The first-order chi connectivity index (χ1) is 12.7. The van der Waals surface area contributed by atoms with Crippen LogP contribution in [0.5, 0.6) is 0 Å². The third-order valence-electron chi connectivity index (χ3n) is 5.74. The molecule has 0 atom stereocenters. The molecule has 5 rings (SSSR count). The molecule has 127 valence electrons. The molecule has 0 saturated carbocycles. The van der Waals surface area contributed by atoms with E-state index in [0.29, 0.717) is 0 Å². The number of benzene rings is 5. The first-order valence-corrected chi connectivity index (χ1v) is 12.3. The van der Waals surface area contributed by atoms with Crippen molar-refractivity contribution >= 4 is 51.9 Å². The summed E-state index contributed by atoms with van der Waals surface area (Å²) in [6.45, 7) is 4.83. The molecule has 0 unspecified atom stereocenters. The molecule has 0 nitrogen and oxygen atoms in total. The molecule has 0 N–H and O–H groups in total. The smallest absolute Gasteiger partial charge is 0.0413 e. The summed E-state index contributed by atoms with van der Waals surface area (Å²) >= 11 is 0. The first-order valence-electron chi connectivity index (χ1n) is 9.60. The van der Waals surface area contributed by atoms with Crippen molar-refractivity contribution in [3.63, 3.8) is 0 Å². The Balaban J connectivity index is 1.85. The molecule has 0 fully saturated rings. The zero-order chi connectivity index (χ0) is 17.7. The highest BCUT2D eigenvalue weighted by Gasteiger charge is 2.14. The summed E-state index contributed by atoms with van der Waals surface area (Å²) in [5.41, 5.74) is 1.51. The Kier molecular flexibility index (Phi) is 3.72. The van der Waals surface area contributed by atoms with Crippen LogP contribution in [0.1, 0.15) is 12.0 Å². The minimum absolute atomic E-state index is 0.132. The maximum absolute atomic E-state index is 2.42. The molecule has 0 aliphatic rings. The topological polar surface area (TPSA) is 0 Å². The maximum atomic E-state index is 2.42. The Hall–Kier alpha value is -2.38. The Morgan fingerprint density at radius 1 is 0.615 bits per heavy atom. The van der Waals surface area contributed by atoms with Crippen LogP contribution in [-0.2, 0) is 6.42 Å². The van der Waals surface area contributed by atoms with E-state index < -0.39 is 0 Å². The SMILES string of the molecule is C[Si](C)CCCc1ccc2c3cccc4cccc(c5cccc1c52)c43. The minimum atomic E-state index is -0.132. The summed E-state index contributed by atoms with van der Waals surface area (Å²) in [6, 6.07) is 26.5. The molecule has 0 bridgehead atoms. The summed E-state index contributed by atoms with van der Waals surface area (Å²) in [6.07, 6.45) is 2.51. The molecule has 0 aromatic heterocycles. The minimum Gasteiger partial charge on any atom is -0.0713 e. The summed E-state index contributed by atoms with van der Waals surface area (Å²) in [5, 5.41) is 11.2. The normalized spacial score (nSPS) is 12.3. The van der Waals surface area contributed by atoms with E-state index in [-0.39, 0.29) is 8.80 Å². The van der Waals surface area contributed by atoms with Crippen molar-refractivity contribution < 1.29 is 0 Å². The molecule has 1 heteroatoms. The van der Waals surface area contributed by atoms with E-state index in [1.165, 1.54) is 67.5 Å². The second-order valence-corrected chi connectivity index (χ2v) is 10.7. The average Bonchev–Trinajstić information content (AvgIpc) is 2.66. The Morgan fingerprint density at radius 2 is 1.19 bits per heavy atom. The lowest BCUT2D eigenvalue weighted by Crippen LogP contribution is -2.00. The van der Waals surface area contributed by atoms with Crippen LogP contribution in [0, 0.1) is 0 Å². The van der Waals surface area contributed by atoms with E-state index in [1.807, 2.05) is 0 Å². The van der Waals surface area contributed by atoms with Crippen LogP contribution in [0.25, 0.3) is 43.1 Å². The van der Waals surface area contributed by atoms with Gasteiger partial charge < -0.3 is 0 Å². The highest BCUT2D eigenvalue weighted by Crippen LogP contribution is 2.41. The summed E-state index contributed by atoms with van der Waals surface area (Å²) in [4.78, 5) is 0. The zero-order valence-corrected chi connectivity index (χ0v) is 16.5. The van der Waals surface area contributed by atoms with Crippen molar-refractivity contribution in [1.82, 2.24) is 0 Å². The number of hydrogen-bond acceptors (Lipinski definition) is 0. The van der Waals surface area contributed by atoms with Gasteiger partial charge in [0.1, 0.15) is 0 Å². The molecule has 0 saturated heterocycles. The second kappa shape index (κ2) is 6.10. The lowest BCUT2D eigenvalue weighted by Gasteiger charge is -2.16. The number of fused-ring (bicyclic) bond motifs is 2. The molecule has 0 spiro atoms. The van der Waals surface area contributed by atoms with Gasteiger partial charge in [-0.2, -0.15) is 0 Å². The quantitative estimate of drug-likeness (QED) is 0.179. The van der Waals surface area contributed by atoms with Gasteiger partial charge in [-0.25, -0.2) is 0 Å². The third-order valence-corrected chi connectivity index (χ3v) is 7.09. The van der Waals surface area contributed by atoms with Gasteiger partial charge in [-0.3, -0.25) is 0 Å². The van der Waals surface area contributed by atoms with E-state index in [0.717, 1.165) is 0 Å². The van der Waals surface area contributed by atoms with E-state index in [4.69, 9.17) is 0 Å². The average molecular weight is 352 g/mol. The Labute approximate surface area is 156 Å². The van der Waals surface area contributed by atoms with Gasteiger partial charge in [0.25, 0.3) is 0 Å². The van der Waals surface area contributed by atoms with Gasteiger partial charge in [-0.15, -0.1) is 0 Å². The molecular formula is C25H23Si. The molecule has 5 aromatic carbocycles. The molecule has 0 amide bonds. The van der Waals surface area contributed by atoms with E-state index >= 15 is 0 Å². The highest BCUT2D eigenvalue weighted by atomic mass is 28.3. The molecule has 1 radical (unpaired) electrons. The van der Waals surface area contributed by atoms with Gasteiger partial charge in [-0.05, 0) is 55.1 Å². The standard InChI is InChI=1S/C25H23Si/c1-26(2)16-6-9-17-14-15-23-21-12-4-8-18-7-3-11-20(24(18)21)22-13-5-10-19(17)25(22)23/h3-5,7-8,10-15H,6,9,16H2,1-2H3. The van der Waals surface area contributed by atoms with Gasteiger partial charge in [0, 0.05) is 8.80 Å². The fraction of sp³-hybridized carbons (Fsp3) is 0.200. The fourth-order valence-corrected chi connectivity index (χ4v) is 5.44. The molecular weight excluding hydrogens is 328 g/mol. The van der Waals surface area contributed by atoms with Crippen molar-refractivity contribution in [3.05, 3.63) is 72.3 Å². The Bertz CT molecular complexity index is 1180. The predicted octanol–water partition coefficient (Wildman–Crippen LogP) is 7.42. The van der Waals surface area contributed by atoms with Gasteiger partial charge in [0.05, 0.1) is 0 Å². The van der Waals surface area contributed by atoms with Gasteiger partial charge >= 0.3 is 0 Å². The zero-order valence-electron chi connectivity index (χ0n) is 15.5. The van der Waals surface area contributed by atoms with Gasteiger partial charge in [0.2, 0.25) is 0 Å². The molecule has 0 aliphatic carbocycles. The maximum Gasteiger partial charge on any atom is 0.0413 e. The van der Waals surface area contributed by atoms with Crippen LogP contribution in [0.2, 0.25) is 19.1 Å². The number of rotatable bonds is 4. The van der Waals surface area contributed by atoms with Crippen LogP contribution >= 0.6 is 0 Å². The van der Waals surface area contributed by atoms with Crippen LogP contribution < -0.4 is 0 Å². The molecule has 0 aliphatic heterocycles. The van der Waals surface area contributed by atoms with Crippen molar-refractivity contribution in [1.29, 1.82) is 0 Å². The predicted molar refractivity (Wildman–Crippen MR) is 118 cm³/mol. The highest BCUT2D eigenvalue weighted by molar-refractivity contribution is 6.55. The van der Waals surface area contributed by atoms with Crippen LogP contribution in [0.3, 0.4) is 0 Å². The number of hydrogen-bond donors (Lipinski definition) is 0. The lowest BCUT2D eigenvalue weighted by atomic mass is 9.88. The van der Waals surface area contributed by atoms with Crippen LogP contribution in [-0.4, -0.2) is 8.80 Å². The molecule has 26 heavy (non-hydrogen) atoms. The second-order valence-electron chi connectivity index (χ2n) is 7.77. The van der Waals surface area contributed by atoms with Gasteiger partial charge in [0.15, 0.2) is 0 Å². The van der Waals surface area contributed by atoms with E-state index in [2.05, 4.69) is 79.8 Å². The summed E-state index contributed by atoms with van der Waals surface area (Å²) < 4.78 is 0. The van der Waals surface area contributed by atoms with E-state index in [9.17, 15) is 0 Å². The van der Waals surface area contributed by atoms with Gasteiger partial charge in [-0.1, -0.05) is 92.3 Å². The van der Waals surface area contributed by atoms with Crippen molar-refractivity contribution in [3.8, 4) is 0 Å². The lowest BCUT2D eigenvalue weighted by molar-refractivity contribution is 0.917. The van der Waals surface area contributed by atoms with E-state index in [1.54, 1.807) is 0 Å². The number of aryl methyl sites for hydroxylation is 1. The fourth-order valence-electron chi connectivity index (χ4n) is 4.56. The van der Waals surface area contributed by atoms with Crippen molar-refractivity contribution in [2.45, 2.75) is 32.0 Å². The first kappa shape index (κ1) is 15.8. The monoisotopic (exact) mass is 351 g/mol. The Morgan fingerprint density at radius 3 is 1.88 bits per heavy atom. The van der Waals surface area contributed by atoms with Crippen LogP contribution in [0.15, 0.2) is 66.7 Å².